The van der Waals surface area contributed by atoms with E-state index in [1.807, 2.05) is 30.3 Å². The molecule has 0 amide bonds. The van der Waals surface area contributed by atoms with E-state index < -0.39 is 12.1 Å². The van der Waals surface area contributed by atoms with Crippen LogP contribution < -0.4 is 0 Å². The van der Waals surface area contributed by atoms with Crippen molar-refractivity contribution in [1.29, 1.82) is 0 Å². The van der Waals surface area contributed by atoms with E-state index in [4.69, 9.17) is 0 Å². The molecule has 1 N–H and O–H groups in total. The molecule has 2 aromatic rings. The Morgan fingerprint density at radius 3 is 2.79 bits per heavy atom. The first-order valence-electron chi connectivity index (χ1n) is 5.88. The standard InChI is InChI=1S/C14H14O4S/c1-9(15)18-8-11(16)7-12(17)14-6-10-4-2-3-5-13(10)19-14/h2-6,12,17H,7-8H2,1H3/t12-/m1/s1. The minimum absolute atomic E-state index is 0.0416. The predicted octanol–water partition coefficient (Wildman–Crippen LogP) is 2.46. The molecule has 1 aromatic heterocycles. The van der Waals surface area contributed by atoms with Gasteiger partial charge in [-0.3, -0.25) is 9.59 Å². The van der Waals surface area contributed by atoms with Crippen molar-refractivity contribution in [1.82, 2.24) is 0 Å². The summed E-state index contributed by atoms with van der Waals surface area (Å²) < 4.78 is 5.68. The lowest BCUT2D eigenvalue weighted by atomic mass is 10.1. The lowest BCUT2D eigenvalue weighted by Gasteiger charge is -2.07. The second kappa shape index (κ2) is 5.95. The lowest BCUT2D eigenvalue weighted by molar-refractivity contribution is -0.146. The van der Waals surface area contributed by atoms with Crippen LogP contribution >= 0.6 is 11.3 Å². The number of rotatable bonds is 5. The predicted molar refractivity (Wildman–Crippen MR) is 73.0 cm³/mol. The van der Waals surface area contributed by atoms with Crippen LogP contribution in [0.5, 0.6) is 0 Å². The van der Waals surface area contributed by atoms with Crippen LogP contribution in [-0.2, 0) is 14.3 Å². The van der Waals surface area contributed by atoms with E-state index in [0.29, 0.717) is 0 Å². The van der Waals surface area contributed by atoms with Crippen LogP contribution in [0.4, 0.5) is 0 Å². The van der Waals surface area contributed by atoms with Crippen molar-refractivity contribution in [3.05, 3.63) is 35.2 Å². The number of esters is 1. The quantitative estimate of drug-likeness (QED) is 0.853. The molecule has 1 aromatic carbocycles. The molecule has 2 rings (SSSR count). The highest BCUT2D eigenvalue weighted by Crippen LogP contribution is 2.31. The molecular formula is C14H14O4S. The minimum atomic E-state index is -0.847. The Balaban J connectivity index is 2.01. The van der Waals surface area contributed by atoms with E-state index in [9.17, 15) is 14.7 Å². The molecule has 0 aliphatic carbocycles. The maximum absolute atomic E-state index is 11.5. The van der Waals surface area contributed by atoms with Crippen molar-refractivity contribution in [3.63, 3.8) is 0 Å². The van der Waals surface area contributed by atoms with Crippen LogP contribution in [0.15, 0.2) is 30.3 Å². The average Bonchev–Trinajstić information content (AvgIpc) is 2.80. The van der Waals surface area contributed by atoms with E-state index in [2.05, 4.69) is 4.74 Å². The summed E-state index contributed by atoms with van der Waals surface area (Å²) in [5.41, 5.74) is 0. The number of hydrogen-bond acceptors (Lipinski definition) is 5. The molecule has 0 aliphatic rings. The fourth-order valence-electron chi connectivity index (χ4n) is 1.72. The second-order valence-electron chi connectivity index (χ2n) is 4.23. The molecule has 1 atom stereocenters. The third-order valence-electron chi connectivity index (χ3n) is 2.63. The van der Waals surface area contributed by atoms with E-state index in [1.165, 1.54) is 18.3 Å². The Kier molecular flexibility index (Phi) is 4.29. The SMILES string of the molecule is CC(=O)OCC(=O)C[C@@H](O)c1cc2ccccc2s1. The number of benzene rings is 1. The summed E-state index contributed by atoms with van der Waals surface area (Å²) in [4.78, 5) is 22.8. The van der Waals surface area contributed by atoms with Crippen molar-refractivity contribution < 1.29 is 19.4 Å². The van der Waals surface area contributed by atoms with Crippen molar-refractivity contribution in [2.45, 2.75) is 19.4 Å². The van der Waals surface area contributed by atoms with Crippen LogP contribution in [0.3, 0.4) is 0 Å². The Morgan fingerprint density at radius 1 is 1.37 bits per heavy atom. The second-order valence-corrected chi connectivity index (χ2v) is 5.34. The van der Waals surface area contributed by atoms with Crippen molar-refractivity contribution in [3.8, 4) is 0 Å². The minimum Gasteiger partial charge on any atom is -0.458 e. The van der Waals surface area contributed by atoms with Crippen LogP contribution in [-0.4, -0.2) is 23.5 Å². The van der Waals surface area contributed by atoms with Crippen molar-refractivity contribution >= 4 is 33.2 Å². The smallest absolute Gasteiger partial charge is 0.303 e. The van der Waals surface area contributed by atoms with Gasteiger partial charge in [-0.25, -0.2) is 0 Å². The molecular weight excluding hydrogens is 264 g/mol. The van der Waals surface area contributed by atoms with Gasteiger partial charge in [-0.1, -0.05) is 18.2 Å². The van der Waals surface area contributed by atoms with Crippen LogP contribution in [0, 0.1) is 0 Å². The Morgan fingerprint density at radius 2 is 2.11 bits per heavy atom. The number of ether oxygens (including phenoxy) is 1. The number of thiophene rings is 1. The average molecular weight is 278 g/mol. The maximum atomic E-state index is 11.5. The Hall–Kier alpha value is -1.72. The molecule has 0 bridgehead atoms. The molecule has 19 heavy (non-hydrogen) atoms. The normalized spacial score (nSPS) is 12.3. The largest absolute Gasteiger partial charge is 0.458 e. The maximum Gasteiger partial charge on any atom is 0.303 e. The number of aliphatic hydroxyl groups is 1. The summed E-state index contributed by atoms with van der Waals surface area (Å²) in [6.07, 6.45) is -0.888. The summed E-state index contributed by atoms with van der Waals surface area (Å²) in [6.45, 7) is 0.965. The number of carbonyl (C=O) groups is 2. The van der Waals surface area contributed by atoms with E-state index in [0.717, 1.165) is 15.0 Å². The van der Waals surface area contributed by atoms with Gasteiger partial charge in [-0.2, -0.15) is 0 Å². The summed E-state index contributed by atoms with van der Waals surface area (Å²) >= 11 is 1.46. The fourth-order valence-corrected chi connectivity index (χ4v) is 2.77. The molecule has 0 saturated carbocycles. The van der Waals surface area contributed by atoms with Gasteiger partial charge in [0.2, 0.25) is 0 Å². The molecule has 1 heterocycles. The zero-order chi connectivity index (χ0) is 13.8. The lowest BCUT2D eigenvalue weighted by Crippen LogP contribution is -2.14. The third-order valence-corrected chi connectivity index (χ3v) is 3.85. The topological polar surface area (TPSA) is 63.6 Å². The third kappa shape index (κ3) is 3.62. The van der Waals surface area contributed by atoms with Gasteiger partial charge < -0.3 is 9.84 Å². The summed E-state index contributed by atoms with van der Waals surface area (Å²) in [5.74, 6) is -0.787. The number of Topliss-reactive ketones (excluding diaryl/α,β-unsaturated/α-hetero) is 1. The number of hydrogen-bond donors (Lipinski definition) is 1. The van der Waals surface area contributed by atoms with Gasteiger partial charge >= 0.3 is 5.97 Å². The number of carbonyl (C=O) groups excluding carboxylic acids is 2. The molecule has 5 heteroatoms. The number of fused-ring (bicyclic) bond motifs is 1. The highest BCUT2D eigenvalue weighted by atomic mass is 32.1. The van der Waals surface area contributed by atoms with Gasteiger partial charge in [-0.15, -0.1) is 11.3 Å². The zero-order valence-electron chi connectivity index (χ0n) is 10.5. The van der Waals surface area contributed by atoms with Gasteiger partial charge in [0.05, 0.1) is 6.10 Å². The molecule has 0 aliphatic heterocycles. The van der Waals surface area contributed by atoms with E-state index in [-0.39, 0.29) is 18.8 Å². The molecule has 0 saturated heterocycles. The highest BCUT2D eigenvalue weighted by Gasteiger charge is 2.16. The van der Waals surface area contributed by atoms with Crippen LogP contribution in [0.1, 0.15) is 24.3 Å². The number of aliphatic hydroxyl groups excluding tert-OH is 1. The first kappa shape index (κ1) is 13.7. The van der Waals surface area contributed by atoms with Gasteiger partial charge in [-0.05, 0) is 17.5 Å². The monoisotopic (exact) mass is 278 g/mol. The van der Waals surface area contributed by atoms with Gasteiger partial charge in [0.25, 0.3) is 0 Å². The first-order valence-corrected chi connectivity index (χ1v) is 6.69. The highest BCUT2D eigenvalue weighted by molar-refractivity contribution is 7.19. The van der Waals surface area contributed by atoms with Gasteiger partial charge in [0.15, 0.2) is 5.78 Å². The Labute approximate surface area is 114 Å². The molecule has 0 unspecified atom stereocenters. The molecule has 0 spiro atoms. The molecule has 100 valence electrons. The van der Waals surface area contributed by atoms with E-state index in [1.54, 1.807) is 0 Å². The van der Waals surface area contributed by atoms with Crippen LogP contribution in [0.25, 0.3) is 10.1 Å². The summed E-state index contributed by atoms with van der Waals surface area (Å²) in [7, 11) is 0. The fraction of sp³-hybridized carbons (Fsp3) is 0.286. The summed E-state index contributed by atoms with van der Waals surface area (Å²) in [6, 6.07) is 9.67. The zero-order valence-corrected chi connectivity index (χ0v) is 11.3. The van der Waals surface area contributed by atoms with Crippen molar-refractivity contribution in [2.75, 3.05) is 6.61 Å². The van der Waals surface area contributed by atoms with Gasteiger partial charge in [0, 0.05) is 22.9 Å². The molecule has 0 radical (unpaired) electrons. The summed E-state index contributed by atoms with van der Waals surface area (Å²) in [5, 5.41) is 11.1. The Bertz CT molecular complexity index is 569. The van der Waals surface area contributed by atoms with Crippen molar-refractivity contribution in [2.24, 2.45) is 0 Å². The molecule has 0 fully saturated rings. The van der Waals surface area contributed by atoms with Gasteiger partial charge in [0.1, 0.15) is 6.61 Å². The van der Waals surface area contributed by atoms with E-state index >= 15 is 0 Å². The van der Waals surface area contributed by atoms with Crippen LogP contribution in [0.2, 0.25) is 0 Å². The molecule has 4 nitrogen and oxygen atoms in total. The first-order chi connectivity index (χ1) is 9.06. The number of ketones is 1.